The van der Waals surface area contributed by atoms with Crippen molar-refractivity contribution >= 4 is 5.91 Å². The van der Waals surface area contributed by atoms with Gasteiger partial charge in [-0.05, 0) is 62.8 Å². The highest BCUT2D eigenvalue weighted by atomic mass is 16.1. The summed E-state index contributed by atoms with van der Waals surface area (Å²) in [5, 5.41) is 7.40. The average molecular weight is 405 g/mol. The minimum atomic E-state index is 0.224. The standard InChI is InChI=1S/C26H48N2O/c1-25(2,3)19-21-12-11-13-23(18-21)28-24(29)22-14-17-27-26(20-22)15-9-7-5-4-6-8-10-16-26/h21-23,27H,4-20H2,1-3H3,(H,28,29). The number of carbonyl (C=O) groups excluding carboxylic acids is 1. The van der Waals surface area contributed by atoms with Gasteiger partial charge in [0.25, 0.3) is 0 Å². The van der Waals surface area contributed by atoms with Crippen LogP contribution in [0.5, 0.6) is 0 Å². The molecule has 2 aliphatic carbocycles. The molecule has 1 saturated heterocycles. The Bertz CT molecular complexity index is 499. The van der Waals surface area contributed by atoms with Crippen LogP contribution in [0.2, 0.25) is 0 Å². The zero-order valence-electron chi connectivity index (χ0n) is 19.7. The fourth-order valence-electron chi connectivity index (χ4n) is 6.49. The van der Waals surface area contributed by atoms with Crippen LogP contribution in [0.4, 0.5) is 0 Å². The lowest BCUT2D eigenvalue weighted by Gasteiger charge is -2.43. The molecule has 0 aromatic carbocycles. The molecule has 1 spiro atoms. The monoisotopic (exact) mass is 404 g/mol. The van der Waals surface area contributed by atoms with Crippen molar-refractivity contribution in [1.82, 2.24) is 10.6 Å². The molecule has 1 aliphatic heterocycles. The van der Waals surface area contributed by atoms with E-state index in [1.807, 2.05) is 0 Å². The smallest absolute Gasteiger partial charge is 0.223 e. The van der Waals surface area contributed by atoms with Gasteiger partial charge in [-0.1, -0.05) is 78.6 Å². The van der Waals surface area contributed by atoms with Gasteiger partial charge in [0, 0.05) is 17.5 Å². The largest absolute Gasteiger partial charge is 0.353 e. The van der Waals surface area contributed by atoms with Crippen LogP contribution in [0.3, 0.4) is 0 Å². The van der Waals surface area contributed by atoms with Gasteiger partial charge in [-0.25, -0.2) is 0 Å². The minimum absolute atomic E-state index is 0.224. The molecule has 1 amide bonds. The highest BCUT2D eigenvalue weighted by Gasteiger charge is 2.38. The Labute approximate surface area is 180 Å². The number of hydrogen-bond donors (Lipinski definition) is 2. The van der Waals surface area contributed by atoms with E-state index in [9.17, 15) is 4.79 Å². The highest BCUT2D eigenvalue weighted by molar-refractivity contribution is 5.79. The number of hydrogen-bond acceptors (Lipinski definition) is 2. The van der Waals surface area contributed by atoms with Crippen LogP contribution in [-0.4, -0.2) is 24.0 Å². The summed E-state index contributed by atoms with van der Waals surface area (Å²) >= 11 is 0. The van der Waals surface area contributed by atoms with Gasteiger partial charge in [-0.3, -0.25) is 4.79 Å². The molecule has 3 unspecified atom stereocenters. The van der Waals surface area contributed by atoms with Gasteiger partial charge in [0.1, 0.15) is 0 Å². The predicted molar refractivity (Wildman–Crippen MR) is 123 cm³/mol. The second-order valence-corrected chi connectivity index (χ2v) is 11.9. The van der Waals surface area contributed by atoms with Crippen molar-refractivity contribution in [3.05, 3.63) is 0 Å². The maximum absolute atomic E-state index is 13.2. The van der Waals surface area contributed by atoms with Gasteiger partial charge < -0.3 is 10.6 Å². The average Bonchev–Trinajstić information content (AvgIpc) is 2.66. The number of carbonyl (C=O) groups is 1. The van der Waals surface area contributed by atoms with Crippen LogP contribution in [0.15, 0.2) is 0 Å². The van der Waals surface area contributed by atoms with Crippen molar-refractivity contribution in [2.45, 2.75) is 135 Å². The van der Waals surface area contributed by atoms with Crippen LogP contribution in [0.1, 0.15) is 124 Å². The van der Waals surface area contributed by atoms with Gasteiger partial charge >= 0.3 is 0 Å². The Balaban J connectivity index is 1.53. The van der Waals surface area contributed by atoms with E-state index < -0.39 is 0 Å². The quantitative estimate of drug-likeness (QED) is 0.574. The summed E-state index contributed by atoms with van der Waals surface area (Å²) in [4.78, 5) is 13.2. The number of rotatable bonds is 3. The summed E-state index contributed by atoms with van der Waals surface area (Å²) < 4.78 is 0. The molecule has 3 heteroatoms. The van der Waals surface area contributed by atoms with E-state index >= 15 is 0 Å². The molecule has 0 aromatic heterocycles. The molecule has 3 rings (SSSR count). The molecule has 29 heavy (non-hydrogen) atoms. The predicted octanol–water partition coefficient (Wildman–Crippen LogP) is 6.36. The highest BCUT2D eigenvalue weighted by Crippen LogP contribution is 2.37. The molecule has 3 fully saturated rings. The molecule has 3 aliphatic rings. The molecule has 0 bridgehead atoms. The Morgan fingerprint density at radius 3 is 2.24 bits per heavy atom. The van der Waals surface area contributed by atoms with Crippen molar-refractivity contribution < 1.29 is 4.79 Å². The van der Waals surface area contributed by atoms with Crippen LogP contribution < -0.4 is 10.6 Å². The fourth-order valence-corrected chi connectivity index (χ4v) is 6.49. The Morgan fingerprint density at radius 1 is 0.931 bits per heavy atom. The van der Waals surface area contributed by atoms with Crippen LogP contribution in [0, 0.1) is 17.3 Å². The van der Waals surface area contributed by atoms with E-state index in [0.717, 1.165) is 25.3 Å². The molecular formula is C26H48N2O. The number of amides is 1. The van der Waals surface area contributed by atoms with E-state index in [2.05, 4.69) is 31.4 Å². The third-order valence-corrected chi connectivity index (χ3v) is 7.84. The molecular weight excluding hydrogens is 356 g/mol. The van der Waals surface area contributed by atoms with Gasteiger partial charge in [0.05, 0.1) is 0 Å². The summed E-state index contributed by atoms with van der Waals surface area (Å²) in [5.74, 6) is 1.37. The van der Waals surface area contributed by atoms with Crippen molar-refractivity contribution in [3.63, 3.8) is 0 Å². The van der Waals surface area contributed by atoms with E-state index in [-0.39, 0.29) is 11.5 Å². The van der Waals surface area contributed by atoms with Gasteiger partial charge in [0.15, 0.2) is 0 Å². The van der Waals surface area contributed by atoms with E-state index in [1.54, 1.807) is 0 Å². The lowest BCUT2D eigenvalue weighted by atomic mass is 9.74. The van der Waals surface area contributed by atoms with E-state index in [1.165, 1.54) is 89.9 Å². The minimum Gasteiger partial charge on any atom is -0.353 e. The zero-order valence-corrected chi connectivity index (χ0v) is 19.7. The summed E-state index contributed by atoms with van der Waals surface area (Å²) in [6, 6.07) is 0.415. The third kappa shape index (κ3) is 7.56. The first-order valence-corrected chi connectivity index (χ1v) is 12.9. The maximum Gasteiger partial charge on any atom is 0.223 e. The SMILES string of the molecule is CC(C)(C)CC1CCCC(NC(=O)C2CCNC3(CCCCCCCCC3)C2)C1. The number of piperidine rings is 1. The molecule has 168 valence electrons. The molecule has 2 saturated carbocycles. The fraction of sp³-hybridized carbons (Fsp3) is 0.962. The third-order valence-electron chi connectivity index (χ3n) is 7.84. The topological polar surface area (TPSA) is 41.1 Å². The molecule has 2 N–H and O–H groups in total. The van der Waals surface area contributed by atoms with Gasteiger partial charge in [-0.2, -0.15) is 0 Å². The first-order valence-electron chi connectivity index (χ1n) is 12.9. The van der Waals surface area contributed by atoms with Crippen LogP contribution >= 0.6 is 0 Å². The molecule has 3 atom stereocenters. The lowest BCUT2D eigenvalue weighted by Crippen LogP contribution is -2.54. The molecule has 1 heterocycles. The van der Waals surface area contributed by atoms with Crippen LogP contribution in [0.25, 0.3) is 0 Å². The second kappa shape index (κ2) is 10.6. The summed E-state index contributed by atoms with van der Waals surface area (Å²) in [6.07, 6.45) is 20.5. The molecule has 0 aromatic rings. The Kier molecular flexibility index (Phi) is 8.48. The summed E-state index contributed by atoms with van der Waals surface area (Å²) in [6.45, 7) is 8.07. The zero-order chi connectivity index (χ0) is 20.7. The van der Waals surface area contributed by atoms with E-state index in [4.69, 9.17) is 0 Å². The lowest BCUT2D eigenvalue weighted by molar-refractivity contribution is -0.128. The maximum atomic E-state index is 13.2. The first kappa shape index (κ1) is 23.1. The van der Waals surface area contributed by atoms with Crippen molar-refractivity contribution in [2.24, 2.45) is 17.3 Å². The van der Waals surface area contributed by atoms with Gasteiger partial charge in [0.2, 0.25) is 5.91 Å². The Hall–Kier alpha value is -0.570. The summed E-state index contributed by atoms with van der Waals surface area (Å²) in [5.41, 5.74) is 0.632. The van der Waals surface area contributed by atoms with Crippen LogP contribution in [-0.2, 0) is 4.79 Å². The van der Waals surface area contributed by atoms with Crippen molar-refractivity contribution in [2.75, 3.05) is 6.54 Å². The van der Waals surface area contributed by atoms with Crippen molar-refractivity contribution in [1.29, 1.82) is 0 Å². The summed E-state index contributed by atoms with van der Waals surface area (Å²) in [7, 11) is 0. The van der Waals surface area contributed by atoms with Crippen molar-refractivity contribution in [3.8, 4) is 0 Å². The van der Waals surface area contributed by atoms with Gasteiger partial charge in [-0.15, -0.1) is 0 Å². The molecule has 3 nitrogen and oxygen atoms in total. The normalized spacial score (nSPS) is 31.9. The van der Waals surface area contributed by atoms with E-state index in [0.29, 0.717) is 17.4 Å². The first-order chi connectivity index (χ1) is 13.9. The second-order valence-electron chi connectivity index (χ2n) is 11.9. The Morgan fingerprint density at radius 2 is 1.59 bits per heavy atom. The number of nitrogens with one attached hydrogen (secondary N) is 2. The molecule has 0 radical (unpaired) electrons.